The zero-order chi connectivity index (χ0) is 22.5. The fourth-order valence-electron chi connectivity index (χ4n) is 4.59. The quantitative estimate of drug-likeness (QED) is 0.657. The van der Waals surface area contributed by atoms with Crippen molar-refractivity contribution in [2.24, 2.45) is 0 Å². The Morgan fingerprint density at radius 3 is 2.19 bits per heavy atom. The molecule has 0 unspecified atom stereocenters. The zero-order valence-corrected chi connectivity index (χ0v) is 19.6. The molecule has 1 fully saturated rings. The Morgan fingerprint density at radius 2 is 1.61 bits per heavy atom. The SMILES string of the molecule is CCc1ccccc1NC(=O)CN1CCN(CC(=O)c2cc(C)n(C(C)C)c2C)CC1. The van der Waals surface area contributed by atoms with Gasteiger partial charge in [0.15, 0.2) is 5.78 Å². The Hall–Kier alpha value is -2.44. The van der Waals surface area contributed by atoms with Gasteiger partial charge in [-0.1, -0.05) is 25.1 Å². The van der Waals surface area contributed by atoms with Crippen molar-refractivity contribution in [2.45, 2.75) is 47.1 Å². The summed E-state index contributed by atoms with van der Waals surface area (Å²) in [7, 11) is 0. The number of carbonyl (C=O) groups is 2. The predicted octanol–water partition coefficient (Wildman–Crippen LogP) is 3.69. The van der Waals surface area contributed by atoms with Gasteiger partial charge in [0, 0.05) is 54.9 Å². The number of Topliss-reactive ketones (excluding diaryl/α,β-unsaturated/α-hetero) is 1. The predicted molar refractivity (Wildman–Crippen MR) is 126 cm³/mol. The van der Waals surface area contributed by atoms with Gasteiger partial charge in [-0.25, -0.2) is 0 Å². The highest BCUT2D eigenvalue weighted by molar-refractivity contribution is 5.99. The van der Waals surface area contributed by atoms with Crippen LogP contribution in [0, 0.1) is 13.8 Å². The number of aryl methyl sites for hydroxylation is 2. The highest BCUT2D eigenvalue weighted by Gasteiger charge is 2.23. The average molecular weight is 425 g/mol. The van der Waals surface area contributed by atoms with Gasteiger partial charge in [-0.05, 0) is 51.8 Å². The largest absolute Gasteiger partial charge is 0.346 e. The number of para-hydroxylation sites is 1. The number of hydrogen-bond acceptors (Lipinski definition) is 4. The Labute approximate surface area is 186 Å². The van der Waals surface area contributed by atoms with Crippen LogP contribution >= 0.6 is 0 Å². The van der Waals surface area contributed by atoms with E-state index in [1.54, 1.807) is 0 Å². The Balaban J connectivity index is 1.49. The Kier molecular flexibility index (Phi) is 7.68. The third-order valence-electron chi connectivity index (χ3n) is 6.17. The first-order valence-corrected chi connectivity index (χ1v) is 11.3. The first-order valence-electron chi connectivity index (χ1n) is 11.3. The minimum Gasteiger partial charge on any atom is -0.346 e. The van der Waals surface area contributed by atoms with Crippen LogP contribution in [0.4, 0.5) is 5.69 Å². The van der Waals surface area contributed by atoms with Gasteiger partial charge in [0.2, 0.25) is 5.91 Å². The monoisotopic (exact) mass is 424 g/mol. The van der Waals surface area contributed by atoms with Crippen LogP contribution in [-0.2, 0) is 11.2 Å². The summed E-state index contributed by atoms with van der Waals surface area (Å²) in [5, 5.41) is 3.05. The third-order valence-corrected chi connectivity index (χ3v) is 6.17. The van der Waals surface area contributed by atoms with Gasteiger partial charge in [0.05, 0.1) is 13.1 Å². The van der Waals surface area contributed by atoms with Gasteiger partial charge >= 0.3 is 0 Å². The third kappa shape index (κ3) is 5.63. The van der Waals surface area contributed by atoms with Crippen molar-refractivity contribution in [3.05, 3.63) is 52.8 Å². The number of amides is 1. The van der Waals surface area contributed by atoms with Gasteiger partial charge in [-0.3, -0.25) is 19.4 Å². The molecule has 1 aliphatic heterocycles. The van der Waals surface area contributed by atoms with E-state index in [0.29, 0.717) is 19.1 Å². The molecular formula is C25H36N4O2. The molecule has 1 amide bonds. The molecule has 1 aromatic carbocycles. The van der Waals surface area contributed by atoms with Crippen LogP contribution in [0.5, 0.6) is 0 Å². The maximum Gasteiger partial charge on any atom is 0.238 e. The van der Waals surface area contributed by atoms with Crippen molar-refractivity contribution in [1.29, 1.82) is 0 Å². The molecule has 0 saturated carbocycles. The number of nitrogens with one attached hydrogen (secondary N) is 1. The van der Waals surface area contributed by atoms with Crippen molar-refractivity contribution in [1.82, 2.24) is 14.4 Å². The molecule has 0 atom stereocenters. The lowest BCUT2D eigenvalue weighted by Crippen LogP contribution is -2.49. The van der Waals surface area contributed by atoms with Crippen molar-refractivity contribution >= 4 is 17.4 Å². The minimum atomic E-state index is 0.0200. The fourth-order valence-corrected chi connectivity index (χ4v) is 4.59. The second-order valence-electron chi connectivity index (χ2n) is 8.78. The van der Waals surface area contributed by atoms with E-state index in [2.05, 4.69) is 47.4 Å². The van der Waals surface area contributed by atoms with E-state index in [-0.39, 0.29) is 11.7 Å². The summed E-state index contributed by atoms with van der Waals surface area (Å²) in [4.78, 5) is 29.8. The molecule has 0 spiro atoms. The molecule has 1 aliphatic rings. The Morgan fingerprint density at radius 1 is 1.00 bits per heavy atom. The van der Waals surface area contributed by atoms with E-state index in [1.165, 1.54) is 0 Å². The highest BCUT2D eigenvalue weighted by atomic mass is 16.2. The molecule has 6 heteroatoms. The summed E-state index contributed by atoms with van der Waals surface area (Å²) < 4.78 is 2.22. The van der Waals surface area contributed by atoms with Crippen molar-refractivity contribution in [3.8, 4) is 0 Å². The summed E-state index contributed by atoms with van der Waals surface area (Å²) in [5.74, 6) is 0.203. The van der Waals surface area contributed by atoms with Gasteiger partial charge < -0.3 is 9.88 Å². The second kappa shape index (κ2) is 10.2. The van der Waals surface area contributed by atoms with Crippen LogP contribution in [0.25, 0.3) is 0 Å². The molecule has 1 N–H and O–H groups in total. The van der Waals surface area contributed by atoms with Crippen LogP contribution < -0.4 is 5.32 Å². The normalized spacial score (nSPS) is 15.4. The van der Waals surface area contributed by atoms with Gasteiger partial charge in [0.1, 0.15) is 0 Å². The van der Waals surface area contributed by atoms with Crippen LogP contribution in [-0.4, -0.2) is 65.3 Å². The number of aromatic nitrogens is 1. The van der Waals surface area contributed by atoms with E-state index in [9.17, 15) is 9.59 Å². The van der Waals surface area contributed by atoms with E-state index in [0.717, 1.165) is 60.8 Å². The summed E-state index contributed by atoms with van der Waals surface area (Å²) in [6, 6.07) is 10.3. The van der Waals surface area contributed by atoms with E-state index in [4.69, 9.17) is 0 Å². The average Bonchev–Trinajstić information content (AvgIpc) is 3.04. The van der Waals surface area contributed by atoms with Crippen LogP contribution in [0.15, 0.2) is 30.3 Å². The first kappa shape index (κ1) is 23.2. The molecule has 168 valence electrons. The molecule has 2 aromatic rings. The van der Waals surface area contributed by atoms with E-state index in [1.807, 2.05) is 37.3 Å². The van der Waals surface area contributed by atoms with Gasteiger partial charge in [-0.2, -0.15) is 0 Å². The van der Waals surface area contributed by atoms with Gasteiger partial charge in [0.25, 0.3) is 0 Å². The molecule has 1 saturated heterocycles. The number of benzene rings is 1. The molecule has 6 nitrogen and oxygen atoms in total. The lowest BCUT2D eigenvalue weighted by Gasteiger charge is -2.33. The maximum absolute atomic E-state index is 12.9. The maximum atomic E-state index is 12.9. The molecule has 0 aliphatic carbocycles. The van der Waals surface area contributed by atoms with Crippen LogP contribution in [0.2, 0.25) is 0 Å². The van der Waals surface area contributed by atoms with E-state index >= 15 is 0 Å². The summed E-state index contributed by atoms with van der Waals surface area (Å²) in [6.07, 6.45) is 0.892. The standard InChI is InChI=1S/C25H36N4O2/c1-6-21-9-7-8-10-23(21)26-25(31)17-28-13-11-27(12-14-28)16-24(30)22-15-19(4)29(18(2)3)20(22)5/h7-10,15,18H,6,11-14,16-17H2,1-5H3,(H,26,31). The zero-order valence-electron chi connectivity index (χ0n) is 19.6. The number of carbonyl (C=O) groups excluding carboxylic acids is 2. The number of anilines is 1. The minimum absolute atomic E-state index is 0.0200. The topological polar surface area (TPSA) is 57.6 Å². The summed E-state index contributed by atoms with van der Waals surface area (Å²) in [5.41, 5.74) is 5.08. The molecule has 0 bridgehead atoms. The number of piperazine rings is 1. The first-order chi connectivity index (χ1) is 14.8. The molecule has 0 radical (unpaired) electrons. The lowest BCUT2D eigenvalue weighted by molar-refractivity contribution is -0.117. The number of rotatable bonds is 8. The van der Waals surface area contributed by atoms with Crippen LogP contribution in [0.3, 0.4) is 0 Å². The van der Waals surface area contributed by atoms with E-state index < -0.39 is 0 Å². The fraction of sp³-hybridized carbons (Fsp3) is 0.520. The van der Waals surface area contributed by atoms with Crippen molar-refractivity contribution in [3.63, 3.8) is 0 Å². The van der Waals surface area contributed by atoms with Gasteiger partial charge in [-0.15, -0.1) is 0 Å². The molecule has 2 heterocycles. The van der Waals surface area contributed by atoms with Crippen LogP contribution in [0.1, 0.15) is 54.1 Å². The summed E-state index contributed by atoms with van der Waals surface area (Å²) in [6.45, 7) is 14.5. The Bertz CT molecular complexity index is 924. The highest BCUT2D eigenvalue weighted by Crippen LogP contribution is 2.21. The molecule has 1 aromatic heterocycles. The molecular weight excluding hydrogens is 388 g/mol. The molecule has 3 rings (SSSR count). The lowest BCUT2D eigenvalue weighted by atomic mass is 10.1. The van der Waals surface area contributed by atoms with Crippen molar-refractivity contribution < 1.29 is 9.59 Å². The smallest absolute Gasteiger partial charge is 0.238 e. The van der Waals surface area contributed by atoms with Crippen molar-refractivity contribution in [2.75, 3.05) is 44.6 Å². The second-order valence-corrected chi connectivity index (χ2v) is 8.78. The number of nitrogens with zero attached hydrogens (tertiary/aromatic N) is 3. The number of hydrogen-bond donors (Lipinski definition) is 1. The number of ketones is 1. The molecule has 31 heavy (non-hydrogen) atoms. The summed E-state index contributed by atoms with van der Waals surface area (Å²) >= 11 is 0.